The molecule has 0 radical (unpaired) electrons. The maximum atomic E-state index is 13.2. The molecule has 0 saturated carbocycles. The van der Waals surface area contributed by atoms with Crippen molar-refractivity contribution in [2.24, 2.45) is 0 Å². The molecule has 0 atom stereocenters. The molecule has 0 aliphatic rings. The molecule has 4 rings (SSSR count). The molecule has 0 spiro atoms. The molecular formula is C23H20ClN3O2S2. The zero-order valence-electron chi connectivity index (χ0n) is 17.2. The molecule has 1 N–H and O–H groups in total. The van der Waals surface area contributed by atoms with Gasteiger partial charge in [0.25, 0.3) is 5.56 Å². The number of carbonyl (C=O) groups is 1. The number of benzene rings is 2. The van der Waals surface area contributed by atoms with Gasteiger partial charge < -0.3 is 5.32 Å². The molecule has 0 aliphatic carbocycles. The van der Waals surface area contributed by atoms with Crippen LogP contribution in [0.5, 0.6) is 0 Å². The molecule has 1 amide bonds. The SMILES string of the molecule is Cc1cc(C)cc(-n2c(SCC(=O)Nc3ccc(C)c(Cl)c3)nc3ccsc3c2=O)c1. The molecule has 0 bridgehead atoms. The molecule has 2 heterocycles. The van der Waals surface area contributed by atoms with Crippen molar-refractivity contribution in [2.45, 2.75) is 25.9 Å². The van der Waals surface area contributed by atoms with Gasteiger partial charge in [-0.2, -0.15) is 0 Å². The zero-order chi connectivity index (χ0) is 22.1. The van der Waals surface area contributed by atoms with Crippen LogP contribution in [0.3, 0.4) is 0 Å². The highest BCUT2D eigenvalue weighted by molar-refractivity contribution is 7.99. The van der Waals surface area contributed by atoms with E-state index >= 15 is 0 Å². The monoisotopic (exact) mass is 469 g/mol. The molecule has 2 aromatic carbocycles. The van der Waals surface area contributed by atoms with Gasteiger partial charge in [-0.1, -0.05) is 35.5 Å². The van der Waals surface area contributed by atoms with E-state index in [4.69, 9.17) is 11.6 Å². The fraction of sp³-hybridized carbons (Fsp3) is 0.174. The van der Waals surface area contributed by atoms with Gasteiger partial charge in [0.15, 0.2) is 5.16 Å². The Balaban J connectivity index is 1.65. The number of thioether (sulfide) groups is 1. The summed E-state index contributed by atoms with van der Waals surface area (Å²) in [6.45, 7) is 5.89. The summed E-state index contributed by atoms with van der Waals surface area (Å²) in [5.41, 5.74) is 4.95. The Morgan fingerprint density at radius 3 is 2.58 bits per heavy atom. The third kappa shape index (κ3) is 4.69. The fourth-order valence-electron chi connectivity index (χ4n) is 3.29. The minimum absolute atomic E-state index is 0.110. The summed E-state index contributed by atoms with van der Waals surface area (Å²) < 4.78 is 2.20. The van der Waals surface area contributed by atoms with Crippen LogP contribution < -0.4 is 10.9 Å². The van der Waals surface area contributed by atoms with Crippen LogP contribution >= 0.6 is 34.7 Å². The third-order valence-corrected chi connectivity index (χ3v) is 6.94. The highest BCUT2D eigenvalue weighted by Crippen LogP contribution is 2.25. The average molecular weight is 470 g/mol. The standard InChI is InChI=1S/C23H20ClN3O2S2/c1-13-8-14(2)10-17(9-13)27-22(29)21-19(6-7-30-21)26-23(27)31-12-20(28)25-16-5-4-15(3)18(24)11-16/h4-11H,12H2,1-3H3,(H,25,28). The van der Waals surface area contributed by atoms with Gasteiger partial charge in [-0.15, -0.1) is 11.3 Å². The minimum atomic E-state index is -0.198. The highest BCUT2D eigenvalue weighted by atomic mass is 35.5. The van der Waals surface area contributed by atoms with E-state index < -0.39 is 0 Å². The van der Waals surface area contributed by atoms with E-state index in [-0.39, 0.29) is 17.2 Å². The lowest BCUT2D eigenvalue weighted by atomic mass is 10.1. The number of amides is 1. The first kappa shape index (κ1) is 21.6. The average Bonchev–Trinajstić information content (AvgIpc) is 3.17. The molecule has 158 valence electrons. The first-order valence-electron chi connectivity index (χ1n) is 9.59. The van der Waals surface area contributed by atoms with Crippen molar-refractivity contribution in [1.29, 1.82) is 0 Å². The maximum absolute atomic E-state index is 13.2. The van der Waals surface area contributed by atoms with Gasteiger partial charge in [0.1, 0.15) is 4.70 Å². The van der Waals surface area contributed by atoms with Crippen molar-refractivity contribution in [3.8, 4) is 5.69 Å². The van der Waals surface area contributed by atoms with E-state index in [1.54, 1.807) is 10.6 Å². The lowest BCUT2D eigenvalue weighted by molar-refractivity contribution is -0.113. The van der Waals surface area contributed by atoms with Crippen LogP contribution in [-0.4, -0.2) is 21.2 Å². The summed E-state index contributed by atoms with van der Waals surface area (Å²) in [5.74, 6) is -0.0881. The number of hydrogen-bond donors (Lipinski definition) is 1. The van der Waals surface area contributed by atoms with E-state index in [0.717, 1.165) is 22.4 Å². The first-order valence-corrected chi connectivity index (χ1v) is 11.8. The topological polar surface area (TPSA) is 64.0 Å². The summed E-state index contributed by atoms with van der Waals surface area (Å²) in [6, 6.07) is 13.2. The molecule has 5 nitrogen and oxygen atoms in total. The van der Waals surface area contributed by atoms with Crippen molar-refractivity contribution in [2.75, 3.05) is 11.1 Å². The van der Waals surface area contributed by atoms with Gasteiger partial charge in [-0.05, 0) is 73.2 Å². The van der Waals surface area contributed by atoms with E-state index in [1.165, 1.54) is 23.1 Å². The quantitative estimate of drug-likeness (QED) is 0.298. The molecular weight excluding hydrogens is 450 g/mol. The number of anilines is 1. The number of thiophene rings is 1. The molecule has 2 aromatic heterocycles. The summed E-state index contributed by atoms with van der Waals surface area (Å²) >= 11 is 8.75. The molecule has 0 unspecified atom stereocenters. The number of halogens is 1. The van der Waals surface area contributed by atoms with E-state index in [1.807, 2.05) is 56.5 Å². The van der Waals surface area contributed by atoms with Crippen molar-refractivity contribution in [3.63, 3.8) is 0 Å². The summed E-state index contributed by atoms with van der Waals surface area (Å²) in [7, 11) is 0. The lowest BCUT2D eigenvalue weighted by Gasteiger charge is -2.13. The van der Waals surface area contributed by atoms with Gasteiger partial charge >= 0.3 is 0 Å². The number of hydrogen-bond acceptors (Lipinski definition) is 5. The Kier molecular flexibility index (Phi) is 6.18. The number of aryl methyl sites for hydroxylation is 3. The minimum Gasteiger partial charge on any atom is -0.325 e. The molecule has 8 heteroatoms. The first-order chi connectivity index (χ1) is 14.8. The van der Waals surface area contributed by atoms with Crippen molar-refractivity contribution >= 4 is 56.5 Å². The number of nitrogens with one attached hydrogen (secondary N) is 1. The summed E-state index contributed by atoms with van der Waals surface area (Å²) in [5, 5.41) is 5.78. The van der Waals surface area contributed by atoms with Crippen molar-refractivity contribution < 1.29 is 4.79 Å². The zero-order valence-corrected chi connectivity index (χ0v) is 19.6. The second-order valence-electron chi connectivity index (χ2n) is 7.32. The molecule has 0 aliphatic heterocycles. The Hall–Kier alpha value is -2.61. The molecule has 0 saturated heterocycles. The molecule has 0 fully saturated rings. The van der Waals surface area contributed by atoms with Crippen LogP contribution in [0.4, 0.5) is 5.69 Å². The van der Waals surface area contributed by atoms with Crippen LogP contribution in [0.1, 0.15) is 16.7 Å². The number of carbonyl (C=O) groups excluding carboxylic acids is 1. The Bertz CT molecular complexity index is 1340. The van der Waals surface area contributed by atoms with E-state index in [9.17, 15) is 9.59 Å². The summed E-state index contributed by atoms with van der Waals surface area (Å²) in [6.07, 6.45) is 0. The molecule has 4 aromatic rings. The van der Waals surface area contributed by atoms with Crippen molar-refractivity contribution in [3.05, 3.63) is 79.9 Å². The normalized spacial score (nSPS) is 11.1. The maximum Gasteiger partial charge on any atom is 0.276 e. The Morgan fingerprint density at radius 2 is 1.87 bits per heavy atom. The van der Waals surface area contributed by atoms with Crippen LogP contribution in [0, 0.1) is 20.8 Å². The second kappa shape index (κ2) is 8.86. The highest BCUT2D eigenvalue weighted by Gasteiger charge is 2.16. The van der Waals surface area contributed by atoms with Gasteiger partial charge in [0, 0.05) is 10.7 Å². The predicted molar refractivity (Wildman–Crippen MR) is 130 cm³/mol. The summed E-state index contributed by atoms with van der Waals surface area (Å²) in [4.78, 5) is 30.5. The number of aromatic nitrogens is 2. The van der Waals surface area contributed by atoms with E-state index in [2.05, 4.69) is 16.4 Å². The third-order valence-electron chi connectivity index (χ3n) is 4.70. The lowest BCUT2D eigenvalue weighted by Crippen LogP contribution is -2.22. The van der Waals surface area contributed by atoms with Crippen LogP contribution in [-0.2, 0) is 4.79 Å². The van der Waals surface area contributed by atoms with Gasteiger partial charge in [-0.25, -0.2) is 4.98 Å². The second-order valence-corrected chi connectivity index (χ2v) is 9.58. The van der Waals surface area contributed by atoms with Crippen LogP contribution in [0.2, 0.25) is 5.02 Å². The molecule has 31 heavy (non-hydrogen) atoms. The van der Waals surface area contributed by atoms with Gasteiger partial charge in [0.2, 0.25) is 5.91 Å². The fourth-order valence-corrected chi connectivity index (χ4v) is 5.05. The Morgan fingerprint density at radius 1 is 1.13 bits per heavy atom. The van der Waals surface area contributed by atoms with Gasteiger partial charge in [0.05, 0.1) is 17.0 Å². The predicted octanol–water partition coefficient (Wildman–Crippen LogP) is 5.76. The number of nitrogens with zero attached hydrogens (tertiary/aromatic N) is 2. The van der Waals surface area contributed by atoms with Crippen LogP contribution in [0.15, 0.2) is 57.8 Å². The number of fused-ring (bicyclic) bond motifs is 1. The van der Waals surface area contributed by atoms with Gasteiger partial charge in [-0.3, -0.25) is 14.2 Å². The van der Waals surface area contributed by atoms with Crippen molar-refractivity contribution in [1.82, 2.24) is 9.55 Å². The number of rotatable bonds is 5. The van der Waals surface area contributed by atoms with E-state index in [0.29, 0.717) is 26.1 Å². The van der Waals surface area contributed by atoms with Crippen LogP contribution in [0.25, 0.3) is 15.9 Å². The Labute approximate surface area is 193 Å². The smallest absolute Gasteiger partial charge is 0.276 e. The largest absolute Gasteiger partial charge is 0.325 e.